The molecule has 0 unspecified atom stereocenters. The van der Waals surface area contributed by atoms with Crippen LogP contribution < -0.4 is 14.8 Å². The molecule has 6 rings (SSSR count). The van der Waals surface area contributed by atoms with E-state index in [2.05, 4.69) is 48.4 Å². The topological polar surface area (TPSA) is 123 Å². The number of nitrogens with one attached hydrogen (secondary N) is 3. The smallest absolute Gasteiger partial charge is 0.269 e. The Morgan fingerprint density at radius 3 is 2.56 bits per heavy atom. The fraction of sp³-hybridized carbons (Fsp3) is 0.212. The second-order valence-corrected chi connectivity index (χ2v) is 10.3. The van der Waals surface area contributed by atoms with E-state index in [1.807, 2.05) is 60.8 Å². The minimum absolute atomic E-state index is 0.273. The normalized spacial score (nSPS) is 11.9. The lowest BCUT2D eigenvalue weighted by atomic mass is 10.0. The first-order valence-electron chi connectivity index (χ1n) is 14.1. The summed E-state index contributed by atoms with van der Waals surface area (Å²) in [6.07, 6.45) is 5.52. The van der Waals surface area contributed by atoms with Crippen molar-refractivity contribution < 1.29 is 14.3 Å². The minimum Gasteiger partial charge on any atom is -0.497 e. The molecule has 218 valence electrons. The minimum atomic E-state index is -0.489. The maximum Gasteiger partial charge on any atom is 0.269 e. The van der Waals surface area contributed by atoms with Crippen LogP contribution in [0.15, 0.2) is 91.3 Å². The number of aromatic amines is 2. The van der Waals surface area contributed by atoms with Gasteiger partial charge in [-0.2, -0.15) is 5.10 Å². The van der Waals surface area contributed by atoms with Crippen LogP contribution in [0.4, 0.5) is 0 Å². The maximum atomic E-state index is 13.4. The van der Waals surface area contributed by atoms with E-state index in [9.17, 15) is 4.79 Å². The molecule has 1 atom stereocenters. The lowest BCUT2D eigenvalue weighted by Gasteiger charge is -2.21. The van der Waals surface area contributed by atoms with E-state index in [4.69, 9.17) is 14.6 Å². The van der Waals surface area contributed by atoms with E-state index in [0.717, 1.165) is 34.3 Å². The van der Waals surface area contributed by atoms with Crippen molar-refractivity contribution >= 4 is 16.8 Å². The van der Waals surface area contributed by atoms with Gasteiger partial charge in [-0.15, -0.1) is 10.2 Å². The highest BCUT2D eigenvalue weighted by Crippen LogP contribution is 2.29. The number of rotatable bonds is 12. The third-order valence-corrected chi connectivity index (χ3v) is 7.62. The van der Waals surface area contributed by atoms with Crippen LogP contribution in [-0.2, 0) is 25.8 Å². The summed E-state index contributed by atoms with van der Waals surface area (Å²) >= 11 is 0. The fourth-order valence-corrected chi connectivity index (χ4v) is 5.36. The van der Waals surface area contributed by atoms with Crippen LogP contribution in [0.5, 0.6) is 11.5 Å². The molecule has 0 aliphatic carbocycles. The van der Waals surface area contributed by atoms with Gasteiger partial charge in [0.05, 0.1) is 26.8 Å². The van der Waals surface area contributed by atoms with Gasteiger partial charge in [0.15, 0.2) is 5.82 Å². The van der Waals surface area contributed by atoms with Gasteiger partial charge in [-0.3, -0.25) is 9.89 Å². The van der Waals surface area contributed by atoms with Crippen molar-refractivity contribution in [1.29, 1.82) is 0 Å². The average molecular weight is 576 g/mol. The van der Waals surface area contributed by atoms with Gasteiger partial charge < -0.3 is 24.3 Å². The van der Waals surface area contributed by atoms with Gasteiger partial charge in [0.2, 0.25) is 0 Å². The molecule has 3 N–H and O–H groups in total. The summed E-state index contributed by atoms with van der Waals surface area (Å²) in [7, 11) is 3.28. The number of benzene rings is 3. The molecular weight excluding hydrogens is 542 g/mol. The summed E-state index contributed by atoms with van der Waals surface area (Å²) in [5.41, 5.74) is 4.62. The van der Waals surface area contributed by atoms with Crippen LogP contribution in [0.3, 0.4) is 0 Å². The number of carbonyl (C=O) groups excluding carboxylic acids is 1. The summed E-state index contributed by atoms with van der Waals surface area (Å²) in [5.74, 6) is 2.60. The molecule has 0 bridgehead atoms. The van der Waals surface area contributed by atoms with Crippen molar-refractivity contribution in [3.63, 3.8) is 0 Å². The molecular formula is C33H33N7O3. The van der Waals surface area contributed by atoms with Crippen LogP contribution in [0.2, 0.25) is 0 Å². The van der Waals surface area contributed by atoms with Gasteiger partial charge >= 0.3 is 0 Å². The molecule has 0 aliphatic rings. The molecule has 0 saturated carbocycles. The Balaban J connectivity index is 1.41. The molecule has 0 spiro atoms. The van der Waals surface area contributed by atoms with Crippen molar-refractivity contribution in [2.45, 2.75) is 31.8 Å². The van der Waals surface area contributed by atoms with Crippen molar-refractivity contribution in [1.82, 2.24) is 35.3 Å². The monoisotopic (exact) mass is 575 g/mol. The van der Waals surface area contributed by atoms with Crippen molar-refractivity contribution in [3.8, 4) is 11.5 Å². The molecule has 0 saturated heterocycles. The van der Waals surface area contributed by atoms with Gasteiger partial charge in [0.1, 0.15) is 23.0 Å². The van der Waals surface area contributed by atoms with E-state index in [1.54, 1.807) is 26.5 Å². The predicted molar refractivity (Wildman–Crippen MR) is 163 cm³/mol. The van der Waals surface area contributed by atoms with Crippen LogP contribution >= 0.6 is 0 Å². The highest BCUT2D eigenvalue weighted by atomic mass is 16.5. The number of para-hydroxylation sites is 1. The summed E-state index contributed by atoms with van der Waals surface area (Å²) in [6, 6.07) is 25.4. The Morgan fingerprint density at radius 2 is 1.77 bits per heavy atom. The SMILES string of the molecule is COc1ccc(Cn2c(CCc3ccccc3)nnc2[C@@H](Cc2c[nH]c3ccccc23)NC(=O)c2ccn[nH]2)c(OC)c1. The Morgan fingerprint density at radius 1 is 0.930 bits per heavy atom. The van der Waals surface area contributed by atoms with E-state index in [0.29, 0.717) is 42.4 Å². The highest BCUT2D eigenvalue weighted by molar-refractivity contribution is 5.92. The van der Waals surface area contributed by atoms with Gasteiger partial charge in [-0.05, 0) is 41.8 Å². The number of methoxy groups -OCH3 is 2. The van der Waals surface area contributed by atoms with Crippen LogP contribution in [-0.4, -0.2) is 50.1 Å². The van der Waals surface area contributed by atoms with E-state index in [1.165, 1.54) is 5.56 Å². The van der Waals surface area contributed by atoms with E-state index < -0.39 is 6.04 Å². The fourth-order valence-electron chi connectivity index (χ4n) is 5.36. The second kappa shape index (κ2) is 12.6. The zero-order valence-corrected chi connectivity index (χ0v) is 24.1. The van der Waals surface area contributed by atoms with E-state index in [-0.39, 0.29) is 5.91 Å². The first-order valence-corrected chi connectivity index (χ1v) is 14.1. The highest BCUT2D eigenvalue weighted by Gasteiger charge is 2.26. The number of carbonyl (C=O) groups is 1. The number of fused-ring (bicyclic) bond motifs is 1. The van der Waals surface area contributed by atoms with Gasteiger partial charge in [0, 0.05) is 47.8 Å². The molecule has 43 heavy (non-hydrogen) atoms. The molecule has 6 aromatic rings. The third-order valence-electron chi connectivity index (χ3n) is 7.62. The van der Waals surface area contributed by atoms with E-state index >= 15 is 0 Å². The first-order chi connectivity index (χ1) is 21.1. The summed E-state index contributed by atoms with van der Waals surface area (Å²) in [6.45, 7) is 0.448. The Kier molecular flexibility index (Phi) is 8.17. The number of hydrogen-bond donors (Lipinski definition) is 3. The van der Waals surface area contributed by atoms with Gasteiger partial charge in [-0.25, -0.2) is 0 Å². The predicted octanol–water partition coefficient (Wildman–Crippen LogP) is 5.05. The van der Waals surface area contributed by atoms with Crippen molar-refractivity contribution in [2.75, 3.05) is 14.2 Å². The molecule has 10 heteroatoms. The van der Waals surface area contributed by atoms with Crippen LogP contribution in [0, 0.1) is 0 Å². The summed E-state index contributed by atoms with van der Waals surface area (Å²) in [5, 5.41) is 20.4. The number of nitrogens with zero attached hydrogens (tertiary/aromatic N) is 4. The van der Waals surface area contributed by atoms with Crippen molar-refractivity contribution in [2.24, 2.45) is 0 Å². The molecule has 3 aromatic heterocycles. The zero-order valence-electron chi connectivity index (χ0n) is 24.1. The lowest BCUT2D eigenvalue weighted by Crippen LogP contribution is -2.32. The van der Waals surface area contributed by atoms with Crippen LogP contribution in [0.25, 0.3) is 10.9 Å². The molecule has 0 aliphatic heterocycles. The van der Waals surface area contributed by atoms with Crippen LogP contribution in [0.1, 0.15) is 44.9 Å². The average Bonchev–Trinajstić information content (AvgIpc) is 3.82. The quantitative estimate of drug-likeness (QED) is 0.188. The number of aromatic nitrogens is 6. The Labute approximate surface area is 249 Å². The number of ether oxygens (including phenoxy) is 2. The summed E-state index contributed by atoms with van der Waals surface area (Å²) < 4.78 is 13.3. The zero-order chi connectivity index (χ0) is 29.6. The second-order valence-electron chi connectivity index (χ2n) is 10.3. The lowest BCUT2D eigenvalue weighted by molar-refractivity contribution is 0.0929. The molecule has 1 amide bonds. The van der Waals surface area contributed by atoms with Gasteiger partial charge in [0.25, 0.3) is 5.91 Å². The third kappa shape index (κ3) is 6.13. The largest absolute Gasteiger partial charge is 0.497 e. The first kappa shape index (κ1) is 27.8. The molecule has 0 radical (unpaired) electrons. The number of H-pyrrole nitrogens is 2. The Hall–Kier alpha value is -5.38. The maximum absolute atomic E-state index is 13.4. The van der Waals surface area contributed by atoms with Crippen molar-refractivity contribution in [3.05, 3.63) is 125 Å². The summed E-state index contributed by atoms with van der Waals surface area (Å²) in [4.78, 5) is 16.7. The Bertz CT molecular complexity index is 1810. The number of aryl methyl sites for hydroxylation is 2. The van der Waals surface area contributed by atoms with Gasteiger partial charge in [-0.1, -0.05) is 48.5 Å². The molecule has 0 fully saturated rings. The standard InChI is InChI=1S/C33H33N7O3/c1-42-25-14-13-23(30(19-25)43-2)21-40-31(15-12-22-8-4-3-5-9-22)38-39-32(40)29(36-33(41)28-16-17-35-37-28)18-24-20-34-27-11-7-6-10-26(24)27/h3-11,13-14,16-17,19-20,29,34H,12,15,18,21H2,1-2H3,(H,35,37)(H,36,41)/t29-/m1/s1. The number of amides is 1. The molecule has 10 nitrogen and oxygen atoms in total. The molecule has 3 heterocycles. The number of hydrogen-bond acceptors (Lipinski definition) is 6. The molecule has 3 aromatic carbocycles.